The molecule has 112 valence electrons. The van der Waals surface area contributed by atoms with Crippen LogP contribution in [0, 0.1) is 0 Å². The number of ether oxygens (including phenoxy) is 1. The second kappa shape index (κ2) is 6.03. The van der Waals surface area contributed by atoms with Crippen LogP contribution in [-0.2, 0) is 4.74 Å². The van der Waals surface area contributed by atoms with Crippen LogP contribution in [-0.4, -0.2) is 72.1 Å². The molecule has 2 rings (SSSR count). The van der Waals surface area contributed by atoms with E-state index in [4.69, 9.17) is 9.84 Å². The summed E-state index contributed by atoms with van der Waals surface area (Å²) in [4.78, 5) is 24.2. The van der Waals surface area contributed by atoms with E-state index in [9.17, 15) is 24.9 Å². The summed E-state index contributed by atoms with van der Waals surface area (Å²) in [6.07, 6.45) is -5.59. The molecular weight excluding hydrogens is 294 g/mol. The van der Waals surface area contributed by atoms with Gasteiger partial charge in [-0.05, 0) is 0 Å². The third-order valence-electron chi connectivity index (χ3n) is 2.76. The molecule has 0 aromatic carbocycles. The molecule has 1 aromatic heterocycles. The fraction of sp³-hybridized carbons (Fsp3) is 0.667. The largest absolute Gasteiger partial charge is 0.394 e. The average Bonchev–Trinajstić information content (AvgIpc) is 2.42. The first-order chi connectivity index (χ1) is 9.43. The van der Waals surface area contributed by atoms with Crippen LogP contribution in [0.3, 0.4) is 0 Å². The van der Waals surface area contributed by atoms with E-state index in [0.29, 0.717) is 11.8 Å². The molecule has 20 heavy (non-hydrogen) atoms. The highest BCUT2D eigenvalue weighted by molar-refractivity contribution is 7.99. The lowest BCUT2D eigenvalue weighted by Gasteiger charge is -2.39. The zero-order valence-electron chi connectivity index (χ0n) is 9.96. The first-order valence-corrected chi connectivity index (χ1v) is 6.48. The monoisotopic (exact) mass is 307 g/mol. The van der Waals surface area contributed by atoms with Crippen molar-refractivity contribution in [3.8, 4) is 0 Å². The zero-order valence-corrected chi connectivity index (χ0v) is 10.8. The van der Waals surface area contributed by atoms with Gasteiger partial charge >= 0.3 is 5.69 Å². The highest BCUT2D eigenvalue weighted by atomic mass is 32.2. The molecule has 6 N–H and O–H groups in total. The van der Waals surface area contributed by atoms with Crippen LogP contribution < -0.4 is 11.2 Å². The molecule has 1 aliphatic rings. The summed E-state index contributed by atoms with van der Waals surface area (Å²) < 4.78 is 5.19. The van der Waals surface area contributed by atoms with Gasteiger partial charge in [0.1, 0.15) is 29.9 Å². The number of aromatic amines is 2. The summed E-state index contributed by atoms with van der Waals surface area (Å²) in [7, 11) is 0. The Morgan fingerprint density at radius 1 is 1.20 bits per heavy atom. The molecule has 11 heteroatoms. The minimum atomic E-state index is -1.54. The maximum absolute atomic E-state index is 11.5. The predicted octanol–water partition coefficient (Wildman–Crippen LogP) is -3.65. The smallest absolute Gasteiger partial charge is 0.342 e. The molecule has 1 aliphatic heterocycles. The van der Waals surface area contributed by atoms with Crippen LogP contribution in [0.2, 0.25) is 0 Å². The number of nitrogens with one attached hydrogen (secondary N) is 2. The molecule has 1 fully saturated rings. The number of nitrogens with zero attached hydrogens (tertiary/aromatic N) is 1. The molecule has 0 unspecified atom stereocenters. The van der Waals surface area contributed by atoms with E-state index in [1.54, 1.807) is 0 Å². The number of aliphatic hydroxyl groups excluding tert-OH is 4. The van der Waals surface area contributed by atoms with Crippen molar-refractivity contribution < 1.29 is 25.2 Å². The molecular formula is C9H13N3O7S. The van der Waals surface area contributed by atoms with E-state index in [1.807, 2.05) is 10.1 Å². The highest BCUT2D eigenvalue weighted by Gasteiger charge is 2.44. The number of aliphatic hydroxyl groups is 4. The van der Waals surface area contributed by atoms with Gasteiger partial charge in [0.05, 0.1) is 6.61 Å². The van der Waals surface area contributed by atoms with Crippen molar-refractivity contribution in [3.05, 3.63) is 20.8 Å². The van der Waals surface area contributed by atoms with Crippen molar-refractivity contribution in [2.24, 2.45) is 0 Å². The lowest BCUT2D eigenvalue weighted by Crippen LogP contribution is -2.57. The van der Waals surface area contributed by atoms with Gasteiger partial charge in [0.2, 0.25) is 0 Å². The van der Waals surface area contributed by atoms with Gasteiger partial charge in [-0.1, -0.05) is 11.8 Å². The van der Waals surface area contributed by atoms with Crippen molar-refractivity contribution in [2.45, 2.75) is 34.9 Å². The van der Waals surface area contributed by atoms with Gasteiger partial charge in [0.15, 0.2) is 5.03 Å². The topological polar surface area (TPSA) is 169 Å². The normalized spacial score (nSPS) is 34.1. The van der Waals surface area contributed by atoms with Crippen LogP contribution in [0.25, 0.3) is 0 Å². The number of thioether (sulfide) groups is 1. The van der Waals surface area contributed by atoms with E-state index >= 15 is 0 Å². The molecule has 1 saturated heterocycles. The SMILES string of the molecule is O=c1[nH]nc(S[C@H]2O[C@@H](CO)[C@H](O)[C@H](O)[C@@H]2O)c(=O)[nH]1. The van der Waals surface area contributed by atoms with E-state index in [1.165, 1.54) is 0 Å². The van der Waals surface area contributed by atoms with Crippen LogP contribution in [0.5, 0.6) is 0 Å². The van der Waals surface area contributed by atoms with Gasteiger partial charge in [-0.25, -0.2) is 9.89 Å². The highest BCUT2D eigenvalue weighted by Crippen LogP contribution is 2.30. The summed E-state index contributed by atoms with van der Waals surface area (Å²) in [5.74, 6) is 0. The number of rotatable bonds is 3. The Morgan fingerprint density at radius 2 is 1.90 bits per heavy atom. The lowest BCUT2D eigenvalue weighted by molar-refractivity contribution is -0.205. The number of aromatic nitrogens is 3. The van der Waals surface area contributed by atoms with Crippen LogP contribution in [0.1, 0.15) is 0 Å². The Balaban J connectivity index is 2.19. The minimum absolute atomic E-state index is 0.186. The Kier molecular flexibility index (Phi) is 4.57. The molecule has 0 radical (unpaired) electrons. The van der Waals surface area contributed by atoms with Gasteiger partial charge in [0, 0.05) is 0 Å². The molecule has 10 nitrogen and oxygen atoms in total. The molecule has 0 bridgehead atoms. The standard InChI is InChI=1S/C9H13N3O7S/c13-1-2-3(14)4(15)5(16)8(19-2)20-7-6(17)10-9(18)12-11-7/h2-5,8,13-16H,1H2,(H2,10,12,17,18)/t2-,3-,4-,5-,8+/m0/s1. The van der Waals surface area contributed by atoms with Crippen LogP contribution in [0.4, 0.5) is 0 Å². The Hall–Kier alpha value is -1.24. The van der Waals surface area contributed by atoms with Gasteiger partial charge in [-0.3, -0.25) is 9.78 Å². The average molecular weight is 307 g/mol. The van der Waals surface area contributed by atoms with E-state index in [0.717, 1.165) is 0 Å². The van der Waals surface area contributed by atoms with E-state index in [-0.39, 0.29) is 5.03 Å². The molecule has 1 aromatic rings. The van der Waals surface area contributed by atoms with Crippen molar-refractivity contribution in [2.75, 3.05) is 6.61 Å². The summed E-state index contributed by atoms with van der Waals surface area (Å²) in [5.41, 5.74) is -2.70. The molecule has 5 atom stereocenters. The first-order valence-electron chi connectivity index (χ1n) is 5.60. The quantitative estimate of drug-likeness (QED) is 0.329. The third-order valence-corrected chi connectivity index (χ3v) is 3.88. The predicted molar refractivity (Wildman–Crippen MR) is 65.1 cm³/mol. The Morgan fingerprint density at radius 3 is 2.50 bits per heavy atom. The van der Waals surface area contributed by atoms with Gasteiger partial charge in [0.25, 0.3) is 5.56 Å². The fourth-order valence-corrected chi connectivity index (χ4v) is 2.67. The third kappa shape index (κ3) is 2.92. The van der Waals surface area contributed by atoms with Crippen molar-refractivity contribution in [3.63, 3.8) is 0 Å². The summed E-state index contributed by atoms with van der Waals surface area (Å²) in [6, 6.07) is 0. The number of H-pyrrole nitrogens is 2. The second-order valence-electron chi connectivity index (χ2n) is 4.13. The molecule has 0 amide bonds. The molecule has 2 heterocycles. The summed E-state index contributed by atoms with van der Waals surface area (Å²) in [6.45, 7) is -0.572. The minimum Gasteiger partial charge on any atom is -0.394 e. The number of hydrogen-bond donors (Lipinski definition) is 6. The Bertz CT molecular complexity index is 573. The van der Waals surface area contributed by atoms with E-state index in [2.05, 4.69) is 5.10 Å². The van der Waals surface area contributed by atoms with Crippen LogP contribution in [0.15, 0.2) is 14.6 Å². The van der Waals surface area contributed by atoms with Crippen LogP contribution >= 0.6 is 11.8 Å². The maximum Gasteiger partial charge on any atom is 0.342 e. The van der Waals surface area contributed by atoms with E-state index < -0.39 is 47.7 Å². The molecule has 0 aliphatic carbocycles. The summed E-state index contributed by atoms with van der Waals surface area (Å²) in [5, 5.41) is 43.3. The lowest BCUT2D eigenvalue weighted by atomic mass is 10.0. The second-order valence-corrected chi connectivity index (χ2v) is 5.21. The molecule has 0 spiro atoms. The van der Waals surface area contributed by atoms with Gasteiger partial charge in [-0.15, -0.1) is 0 Å². The number of hydrogen-bond acceptors (Lipinski definition) is 9. The van der Waals surface area contributed by atoms with Gasteiger partial charge in [-0.2, -0.15) is 5.10 Å². The maximum atomic E-state index is 11.5. The summed E-state index contributed by atoms with van der Waals surface area (Å²) >= 11 is 0.653. The van der Waals surface area contributed by atoms with Crippen molar-refractivity contribution >= 4 is 11.8 Å². The fourth-order valence-electron chi connectivity index (χ4n) is 1.69. The first kappa shape index (κ1) is 15.2. The van der Waals surface area contributed by atoms with Gasteiger partial charge < -0.3 is 25.2 Å². The zero-order chi connectivity index (χ0) is 14.9. The van der Waals surface area contributed by atoms with Crippen molar-refractivity contribution in [1.29, 1.82) is 0 Å². The Labute approximate surface area is 115 Å². The van der Waals surface area contributed by atoms with Crippen molar-refractivity contribution in [1.82, 2.24) is 15.2 Å². The molecule has 0 saturated carbocycles.